The van der Waals surface area contributed by atoms with Gasteiger partial charge in [-0.05, 0) is 56.9 Å². The molecule has 8 aromatic carbocycles. The number of fused-ring (bicyclic) bond motifs is 6. The van der Waals surface area contributed by atoms with Gasteiger partial charge in [0, 0.05) is 33.0 Å². The van der Waals surface area contributed by atoms with E-state index in [9.17, 15) is 0 Å². The van der Waals surface area contributed by atoms with Gasteiger partial charge in [-0.1, -0.05) is 151 Å². The average Bonchev–Trinajstić information content (AvgIpc) is 3.56. The molecule has 0 saturated carbocycles. The topological polar surface area (TPSA) is 38.9 Å². The number of hydrogen-bond donors (Lipinski definition) is 0. The minimum Gasteiger partial charge on any atom is -0.455 e. The Kier molecular flexibility index (Phi) is 6.55. The van der Waals surface area contributed by atoms with Crippen LogP contribution in [0, 0.1) is 0 Å². The van der Waals surface area contributed by atoms with Crippen LogP contribution < -0.4 is 0 Å². The summed E-state index contributed by atoms with van der Waals surface area (Å²) in [7, 11) is 0. The van der Waals surface area contributed by atoms with E-state index in [1.807, 2.05) is 54.6 Å². The van der Waals surface area contributed by atoms with Gasteiger partial charge in [-0.3, -0.25) is 0 Å². The Morgan fingerprint density at radius 3 is 1.64 bits per heavy atom. The van der Waals surface area contributed by atoms with E-state index in [1.165, 1.54) is 0 Å². The fourth-order valence-electron chi connectivity index (χ4n) is 7.52. The molecule has 0 atom stereocenters. The maximum atomic E-state index is 7.28. The zero-order valence-corrected chi connectivity index (χ0v) is 27.5. The lowest BCUT2D eigenvalue weighted by Crippen LogP contribution is -1.96. The zero-order valence-electron chi connectivity index (χ0n) is 26.8. The molecule has 0 spiro atoms. The van der Waals surface area contributed by atoms with Crippen molar-refractivity contribution in [2.45, 2.75) is 0 Å². The largest absolute Gasteiger partial charge is 0.455 e. The first kappa shape index (κ1) is 28.7. The summed E-state index contributed by atoms with van der Waals surface area (Å²) < 4.78 is 6.56. The van der Waals surface area contributed by atoms with Crippen molar-refractivity contribution >= 4 is 66.1 Å². The number of para-hydroxylation sites is 4. The van der Waals surface area contributed by atoms with Gasteiger partial charge in [0.2, 0.25) is 0 Å². The highest BCUT2D eigenvalue weighted by Gasteiger charge is 2.22. The van der Waals surface area contributed by atoms with Crippen molar-refractivity contribution < 1.29 is 4.42 Å². The lowest BCUT2D eigenvalue weighted by molar-refractivity contribution is 0.670. The first-order valence-corrected chi connectivity index (χ1v) is 17.1. The van der Waals surface area contributed by atoms with E-state index in [0.717, 1.165) is 99.3 Å². The standard InChI is InChI=1S/C46H27ClN2O/c47-38-27-29(25-26-36(38)45-44(28-13-2-1-3-14-28)48-39-22-9-10-23-40(39)49-45)42-31-16-4-6-18-33(31)43(34-19-7-5-17-32(34)42)37-21-12-20-35-30-15-8-11-24-41(30)50-46(35)37/h1-27H. The van der Waals surface area contributed by atoms with E-state index in [4.69, 9.17) is 26.0 Å². The molecule has 50 heavy (non-hydrogen) atoms. The Morgan fingerprint density at radius 1 is 0.400 bits per heavy atom. The quantitative estimate of drug-likeness (QED) is 0.177. The predicted molar refractivity (Wildman–Crippen MR) is 209 cm³/mol. The van der Waals surface area contributed by atoms with Gasteiger partial charge < -0.3 is 4.42 Å². The summed E-state index contributed by atoms with van der Waals surface area (Å²) in [5.74, 6) is 0. The highest BCUT2D eigenvalue weighted by Crippen LogP contribution is 2.47. The second kappa shape index (κ2) is 11.4. The Morgan fingerprint density at radius 2 is 0.960 bits per heavy atom. The Labute approximate surface area is 293 Å². The second-order valence-corrected chi connectivity index (χ2v) is 13.0. The van der Waals surface area contributed by atoms with Gasteiger partial charge in [0.25, 0.3) is 0 Å². The third kappa shape index (κ3) is 4.44. The molecular formula is C46H27ClN2O. The van der Waals surface area contributed by atoms with E-state index >= 15 is 0 Å². The van der Waals surface area contributed by atoms with Crippen LogP contribution in [-0.4, -0.2) is 9.97 Å². The minimum atomic E-state index is 0.619. The highest BCUT2D eigenvalue weighted by atomic mass is 35.5. The molecule has 0 aliphatic rings. The first-order valence-electron chi connectivity index (χ1n) is 16.7. The minimum absolute atomic E-state index is 0.619. The van der Waals surface area contributed by atoms with Crippen molar-refractivity contribution in [3.8, 4) is 44.8 Å². The third-order valence-electron chi connectivity index (χ3n) is 9.74. The van der Waals surface area contributed by atoms with E-state index in [0.29, 0.717) is 5.02 Å². The molecule has 0 amide bonds. The van der Waals surface area contributed by atoms with Crippen LogP contribution in [0.2, 0.25) is 5.02 Å². The predicted octanol–water partition coefficient (Wildman–Crippen LogP) is 13.2. The second-order valence-electron chi connectivity index (χ2n) is 12.6. The molecule has 0 bridgehead atoms. The summed E-state index contributed by atoms with van der Waals surface area (Å²) in [5, 5.41) is 7.46. The smallest absolute Gasteiger partial charge is 0.143 e. The SMILES string of the molecule is Clc1cc(-c2c3ccccc3c(-c3cccc4c3oc3ccccc34)c3ccccc23)ccc1-c1nc2ccccc2nc1-c1ccccc1. The van der Waals surface area contributed by atoms with Crippen LogP contribution in [-0.2, 0) is 0 Å². The number of furan rings is 1. The van der Waals surface area contributed by atoms with Gasteiger partial charge in [-0.25, -0.2) is 9.97 Å². The Balaban J connectivity index is 1.21. The lowest BCUT2D eigenvalue weighted by atomic mass is 9.85. The number of nitrogens with zero attached hydrogens (tertiary/aromatic N) is 2. The third-order valence-corrected chi connectivity index (χ3v) is 10.0. The fourth-order valence-corrected chi connectivity index (χ4v) is 7.79. The molecule has 234 valence electrons. The molecule has 0 fully saturated rings. The van der Waals surface area contributed by atoms with Crippen LogP contribution in [0.15, 0.2) is 168 Å². The van der Waals surface area contributed by atoms with Crippen LogP contribution in [0.3, 0.4) is 0 Å². The van der Waals surface area contributed by atoms with E-state index in [-0.39, 0.29) is 0 Å². The molecule has 0 unspecified atom stereocenters. The molecule has 0 N–H and O–H groups in total. The molecule has 0 aliphatic carbocycles. The van der Waals surface area contributed by atoms with Crippen LogP contribution in [0.5, 0.6) is 0 Å². The highest BCUT2D eigenvalue weighted by molar-refractivity contribution is 6.34. The molecule has 2 heterocycles. The number of aromatic nitrogens is 2. The Bertz CT molecular complexity index is 2890. The molecule has 2 aromatic heterocycles. The summed E-state index contributed by atoms with van der Waals surface area (Å²) in [5.41, 5.74) is 11.3. The molecule has 0 saturated heterocycles. The van der Waals surface area contributed by atoms with Gasteiger partial charge in [-0.15, -0.1) is 0 Å². The zero-order chi connectivity index (χ0) is 33.2. The number of halogens is 1. The van der Waals surface area contributed by atoms with Crippen LogP contribution in [0.25, 0.3) is 99.3 Å². The molecule has 0 radical (unpaired) electrons. The number of benzene rings is 8. The summed E-state index contributed by atoms with van der Waals surface area (Å²) in [6.45, 7) is 0. The van der Waals surface area contributed by atoms with Crippen molar-refractivity contribution in [2.75, 3.05) is 0 Å². The molecule has 10 rings (SSSR count). The summed E-state index contributed by atoms with van der Waals surface area (Å²) in [4.78, 5) is 10.2. The number of rotatable bonds is 4. The van der Waals surface area contributed by atoms with E-state index in [1.54, 1.807) is 0 Å². The van der Waals surface area contributed by atoms with Crippen molar-refractivity contribution in [1.82, 2.24) is 9.97 Å². The van der Waals surface area contributed by atoms with Crippen LogP contribution >= 0.6 is 11.6 Å². The average molecular weight is 659 g/mol. The molecule has 10 aromatic rings. The van der Waals surface area contributed by atoms with E-state index in [2.05, 4.69) is 109 Å². The van der Waals surface area contributed by atoms with Gasteiger partial charge in [0.05, 0.1) is 27.4 Å². The summed E-state index contributed by atoms with van der Waals surface area (Å²) >= 11 is 7.28. The Hall–Kier alpha value is -6.29. The van der Waals surface area contributed by atoms with Gasteiger partial charge >= 0.3 is 0 Å². The maximum Gasteiger partial charge on any atom is 0.143 e. The summed E-state index contributed by atoms with van der Waals surface area (Å²) in [6, 6.07) is 56.5. The van der Waals surface area contributed by atoms with Crippen molar-refractivity contribution in [2.24, 2.45) is 0 Å². The van der Waals surface area contributed by atoms with Crippen molar-refractivity contribution in [1.29, 1.82) is 0 Å². The van der Waals surface area contributed by atoms with Crippen molar-refractivity contribution in [3.05, 3.63) is 169 Å². The van der Waals surface area contributed by atoms with Gasteiger partial charge in [0.1, 0.15) is 11.2 Å². The molecule has 4 heteroatoms. The first-order chi connectivity index (χ1) is 24.7. The number of hydrogen-bond acceptors (Lipinski definition) is 3. The molecule has 0 aliphatic heterocycles. The fraction of sp³-hybridized carbons (Fsp3) is 0. The monoisotopic (exact) mass is 658 g/mol. The van der Waals surface area contributed by atoms with Crippen LogP contribution in [0.4, 0.5) is 0 Å². The summed E-state index contributed by atoms with van der Waals surface area (Å²) in [6.07, 6.45) is 0. The molecular weight excluding hydrogens is 632 g/mol. The van der Waals surface area contributed by atoms with Gasteiger partial charge in [-0.2, -0.15) is 0 Å². The maximum absolute atomic E-state index is 7.28. The van der Waals surface area contributed by atoms with Gasteiger partial charge in [0.15, 0.2) is 0 Å². The molecule has 3 nitrogen and oxygen atoms in total. The van der Waals surface area contributed by atoms with E-state index < -0.39 is 0 Å². The van der Waals surface area contributed by atoms with Crippen molar-refractivity contribution in [3.63, 3.8) is 0 Å². The normalized spacial score (nSPS) is 11.7. The van der Waals surface area contributed by atoms with Crippen LogP contribution in [0.1, 0.15) is 0 Å². The lowest BCUT2D eigenvalue weighted by Gasteiger charge is -2.18.